The average Bonchev–Trinajstić information content (AvgIpc) is 2.50. The van der Waals surface area contributed by atoms with Crippen LogP contribution in [0.25, 0.3) is 0 Å². The minimum Gasteiger partial charge on any atom is -0.445 e. The summed E-state index contributed by atoms with van der Waals surface area (Å²) in [6, 6.07) is 6.88. The van der Waals surface area contributed by atoms with Crippen LogP contribution in [-0.4, -0.2) is 25.5 Å². The van der Waals surface area contributed by atoms with Crippen molar-refractivity contribution in [2.24, 2.45) is 0 Å². The molecule has 0 bridgehead atoms. The number of para-hydroxylation sites is 1. The van der Waals surface area contributed by atoms with E-state index in [2.05, 4.69) is 23.2 Å². The fourth-order valence-corrected chi connectivity index (χ4v) is 1.35. The molecule has 1 amide bonds. The van der Waals surface area contributed by atoms with Gasteiger partial charge in [-0.05, 0) is 6.07 Å². The average molecular weight is 291 g/mol. The first-order chi connectivity index (χ1) is 10.2. The number of ether oxygens (including phenoxy) is 3. The van der Waals surface area contributed by atoms with Gasteiger partial charge in [-0.3, -0.25) is 5.32 Å². The largest absolute Gasteiger partial charge is 0.508 e. The Morgan fingerprint density at radius 2 is 1.71 bits per heavy atom. The standard InChI is InChI=1S/C15H17NO5/c1-3-9-19-14(17)16-13-8-6-5-7-12(13)11-21-15(18)20-10-4-2/h3-8H,1-2,9-11H2,(H,16,17). The molecule has 0 atom stereocenters. The molecule has 0 aromatic heterocycles. The van der Waals surface area contributed by atoms with Crippen LogP contribution < -0.4 is 5.32 Å². The van der Waals surface area contributed by atoms with Gasteiger partial charge in [0.15, 0.2) is 0 Å². The highest BCUT2D eigenvalue weighted by molar-refractivity contribution is 5.85. The van der Waals surface area contributed by atoms with E-state index in [0.29, 0.717) is 11.3 Å². The highest BCUT2D eigenvalue weighted by Crippen LogP contribution is 2.16. The third-order valence-electron chi connectivity index (χ3n) is 2.25. The molecule has 1 aromatic rings. The van der Waals surface area contributed by atoms with E-state index in [4.69, 9.17) is 9.47 Å². The van der Waals surface area contributed by atoms with Crippen LogP contribution >= 0.6 is 0 Å². The Bertz CT molecular complexity index is 513. The Morgan fingerprint density at radius 1 is 1.05 bits per heavy atom. The smallest absolute Gasteiger partial charge is 0.445 e. The summed E-state index contributed by atoms with van der Waals surface area (Å²) in [5.41, 5.74) is 1.10. The second-order valence-electron chi connectivity index (χ2n) is 3.81. The molecular formula is C15H17NO5. The van der Waals surface area contributed by atoms with Crippen LogP contribution in [0.3, 0.4) is 0 Å². The highest BCUT2D eigenvalue weighted by atomic mass is 16.7. The Balaban J connectivity index is 2.58. The van der Waals surface area contributed by atoms with Crippen molar-refractivity contribution in [1.82, 2.24) is 0 Å². The minimum atomic E-state index is -0.807. The predicted octanol–water partition coefficient (Wildman–Crippen LogP) is 3.26. The van der Waals surface area contributed by atoms with Gasteiger partial charge < -0.3 is 14.2 Å². The first-order valence-electron chi connectivity index (χ1n) is 6.20. The van der Waals surface area contributed by atoms with Crippen LogP contribution in [0.1, 0.15) is 5.56 Å². The van der Waals surface area contributed by atoms with E-state index < -0.39 is 12.2 Å². The van der Waals surface area contributed by atoms with Gasteiger partial charge in [0.05, 0.1) is 5.69 Å². The van der Waals surface area contributed by atoms with Gasteiger partial charge in [0.25, 0.3) is 0 Å². The van der Waals surface area contributed by atoms with Crippen molar-refractivity contribution in [3.8, 4) is 0 Å². The monoisotopic (exact) mass is 291 g/mol. The molecule has 6 heteroatoms. The Hall–Kier alpha value is -2.76. The number of hydrogen-bond acceptors (Lipinski definition) is 5. The van der Waals surface area contributed by atoms with Gasteiger partial charge >= 0.3 is 12.2 Å². The van der Waals surface area contributed by atoms with Gasteiger partial charge in [-0.2, -0.15) is 0 Å². The summed E-state index contributed by atoms with van der Waals surface area (Å²) < 4.78 is 14.4. The van der Waals surface area contributed by atoms with E-state index in [-0.39, 0.29) is 19.8 Å². The lowest BCUT2D eigenvalue weighted by Gasteiger charge is -2.11. The normalized spacial score (nSPS) is 9.33. The topological polar surface area (TPSA) is 73.9 Å². The zero-order valence-corrected chi connectivity index (χ0v) is 11.5. The summed E-state index contributed by atoms with van der Waals surface area (Å²) in [4.78, 5) is 22.7. The molecular weight excluding hydrogens is 274 g/mol. The summed E-state index contributed by atoms with van der Waals surface area (Å²) in [6.07, 6.45) is 1.48. The molecule has 1 aromatic carbocycles. The van der Waals surface area contributed by atoms with Crippen LogP contribution in [-0.2, 0) is 20.8 Å². The molecule has 0 fully saturated rings. The molecule has 0 aliphatic rings. The molecule has 1 rings (SSSR count). The molecule has 112 valence electrons. The maximum atomic E-state index is 11.5. The molecule has 0 spiro atoms. The molecule has 6 nitrogen and oxygen atoms in total. The minimum absolute atomic E-state index is 0.0338. The summed E-state index contributed by atoms with van der Waals surface area (Å²) in [6.45, 7) is 7.02. The molecule has 1 N–H and O–H groups in total. The Morgan fingerprint density at radius 3 is 2.43 bits per heavy atom. The third kappa shape index (κ3) is 6.29. The molecule has 0 heterocycles. The second-order valence-corrected chi connectivity index (χ2v) is 3.81. The van der Waals surface area contributed by atoms with Crippen molar-refractivity contribution >= 4 is 17.9 Å². The zero-order valence-electron chi connectivity index (χ0n) is 11.5. The van der Waals surface area contributed by atoms with E-state index in [1.54, 1.807) is 24.3 Å². The van der Waals surface area contributed by atoms with Crippen molar-refractivity contribution in [3.05, 3.63) is 55.1 Å². The summed E-state index contributed by atoms with van der Waals surface area (Å²) >= 11 is 0. The molecule has 0 saturated heterocycles. The lowest BCUT2D eigenvalue weighted by atomic mass is 10.2. The lowest BCUT2D eigenvalue weighted by molar-refractivity contribution is 0.0578. The summed E-state index contributed by atoms with van der Waals surface area (Å²) in [5.74, 6) is 0. The SMILES string of the molecule is C=CCOC(=O)Nc1ccccc1COC(=O)OCC=C. The number of anilines is 1. The van der Waals surface area contributed by atoms with E-state index in [1.165, 1.54) is 12.2 Å². The molecule has 21 heavy (non-hydrogen) atoms. The van der Waals surface area contributed by atoms with Crippen molar-refractivity contribution in [2.45, 2.75) is 6.61 Å². The highest BCUT2D eigenvalue weighted by Gasteiger charge is 2.09. The fraction of sp³-hybridized carbons (Fsp3) is 0.200. The van der Waals surface area contributed by atoms with Crippen LogP contribution in [0.5, 0.6) is 0 Å². The second kappa shape index (κ2) is 9.19. The molecule has 0 radical (unpaired) electrons. The Kier molecular flexibility index (Phi) is 7.13. The lowest BCUT2D eigenvalue weighted by Crippen LogP contribution is -2.15. The number of hydrogen-bond donors (Lipinski definition) is 1. The third-order valence-corrected chi connectivity index (χ3v) is 2.25. The van der Waals surface area contributed by atoms with Gasteiger partial charge in [0.2, 0.25) is 0 Å². The van der Waals surface area contributed by atoms with Gasteiger partial charge in [-0.25, -0.2) is 9.59 Å². The predicted molar refractivity (Wildman–Crippen MR) is 77.9 cm³/mol. The quantitative estimate of drug-likeness (QED) is 0.616. The van der Waals surface area contributed by atoms with Crippen molar-refractivity contribution in [1.29, 1.82) is 0 Å². The number of rotatable bonds is 7. The van der Waals surface area contributed by atoms with E-state index in [1.807, 2.05) is 0 Å². The van der Waals surface area contributed by atoms with Gasteiger partial charge in [-0.1, -0.05) is 43.5 Å². The van der Waals surface area contributed by atoms with E-state index >= 15 is 0 Å². The van der Waals surface area contributed by atoms with Crippen molar-refractivity contribution in [2.75, 3.05) is 18.5 Å². The molecule has 0 aliphatic heterocycles. The van der Waals surface area contributed by atoms with Crippen molar-refractivity contribution in [3.63, 3.8) is 0 Å². The molecule has 0 unspecified atom stereocenters. The first kappa shape index (κ1) is 16.3. The number of amides is 1. The van der Waals surface area contributed by atoms with Crippen LogP contribution in [0.4, 0.5) is 15.3 Å². The summed E-state index contributed by atoms with van der Waals surface area (Å²) in [7, 11) is 0. The molecule has 0 aliphatic carbocycles. The maximum absolute atomic E-state index is 11.5. The maximum Gasteiger partial charge on any atom is 0.508 e. The van der Waals surface area contributed by atoms with E-state index in [0.717, 1.165) is 0 Å². The van der Waals surface area contributed by atoms with Gasteiger partial charge in [-0.15, -0.1) is 0 Å². The first-order valence-corrected chi connectivity index (χ1v) is 6.20. The van der Waals surface area contributed by atoms with Gasteiger partial charge in [0, 0.05) is 5.56 Å². The van der Waals surface area contributed by atoms with Gasteiger partial charge in [0.1, 0.15) is 19.8 Å². The van der Waals surface area contributed by atoms with Crippen LogP contribution in [0, 0.1) is 0 Å². The fourth-order valence-electron chi connectivity index (χ4n) is 1.35. The number of benzene rings is 1. The number of carbonyl (C=O) groups excluding carboxylic acids is 2. The number of carbonyl (C=O) groups is 2. The van der Waals surface area contributed by atoms with Crippen LogP contribution in [0.15, 0.2) is 49.6 Å². The van der Waals surface area contributed by atoms with E-state index in [9.17, 15) is 9.59 Å². The Labute approximate surface area is 123 Å². The summed E-state index contributed by atoms with van der Waals surface area (Å²) in [5, 5.41) is 2.56. The zero-order chi connectivity index (χ0) is 15.5. The number of nitrogens with one attached hydrogen (secondary N) is 1. The molecule has 0 saturated carbocycles. The van der Waals surface area contributed by atoms with Crippen molar-refractivity contribution < 1.29 is 23.8 Å². The van der Waals surface area contributed by atoms with Crippen LogP contribution in [0.2, 0.25) is 0 Å².